The standard InChI is InChI=1S/C7H12FN.C5H12.C2H6.CH4/c1-6(3-4-9)5-7(2)8;1-3-5-4-2;1-2;/h3-4,7,9H,5H2,1-2H3;3-5H2,1-2H3;1-2H3;1H4/b6-3-,9-4?;;;. The summed E-state index contributed by atoms with van der Waals surface area (Å²) < 4.78 is 12.2. The second-order valence-electron chi connectivity index (χ2n) is 3.52. The number of hydrogen-bond donors (Lipinski definition) is 1. The lowest BCUT2D eigenvalue weighted by atomic mass is 10.1. The van der Waals surface area contributed by atoms with Gasteiger partial charge in [-0.05, 0) is 26.3 Å². The molecule has 0 saturated carbocycles. The summed E-state index contributed by atoms with van der Waals surface area (Å²) in [6.07, 6.45) is 6.51. The van der Waals surface area contributed by atoms with Gasteiger partial charge in [-0.25, -0.2) is 4.39 Å². The van der Waals surface area contributed by atoms with Gasteiger partial charge in [0.05, 0.1) is 0 Å². The monoisotopic (exact) mass is 247 g/mol. The van der Waals surface area contributed by atoms with E-state index in [4.69, 9.17) is 5.41 Å². The zero-order valence-electron chi connectivity index (χ0n) is 11.9. The predicted octanol–water partition coefficient (Wildman–Crippen LogP) is 6.19. The molecule has 0 aliphatic carbocycles. The fourth-order valence-corrected chi connectivity index (χ4v) is 1.01. The van der Waals surface area contributed by atoms with E-state index in [-0.39, 0.29) is 7.43 Å². The van der Waals surface area contributed by atoms with Gasteiger partial charge in [-0.2, -0.15) is 0 Å². The molecule has 0 aromatic carbocycles. The Morgan fingerprint density at radius 2 is 1.65 bits per heavy atom. The van der Waals surface area contributed by atoms with Gasteiger partial charge < -0.3 is 5.41 Å². The van der Waals surface area contributed by atoms with E-state index < -0.39 is 6.17 Å². The van der Waals surface area contributed by atoms with Gasteiger partial charge >= 0.3 is 0 Å². The van der Waals surface area contributed by atoms with Crippen molar-refractivity contribution in [3.05, 3.63) is 11.6 Å². The third-order valence-electron chi connectivity index (χ3n) is 1.68. The van der Waals surface area contributed by atoms with Crippen molar-refractivity contribution >= 4 is 6.21 Å². The lowest BCUT2D eigenvalue weighted by Gasteiger charge is -1.98. The Morgan fingerprint density at radius 1 is 1.24 bits per heavy atom. The summed E-state index contributed by atoms with van der Waals surface area (Å²) in [6.45, 7) is 11.8. The number of rotatable bonds is 5. The van der Waals surface area contributed by atoms with Crippen molar-refractivity contribution < 1.29 is 4.39 Å². The van der Waals surface area contributed by atoms with Crippen LogP contribution in [-0.2, 0) is 0 Å². The Bertz CT molecular complexity index is 149. The van der Waals surface area contributed by atoms with E-state index in [1.54, 1.807) is 6.08 Å². The van der Waals surface area contributed by atoms with Crippen molar-refractivity contribution in [1.29, 1.82) is 5.41 Å². The van der Waals surface area contributed by atoms with Crippen LogP contribution in [0.1, 0.15) is 74.7 Å². The molecule has 1 nitrogen and oxygen atoms in total. The van der Waals surface area contributed by atoms with Crippen LogP contribution >= 0.6 is 0 Å². The lowest BCUT2D eigenvalue weighted by Crippen LogP contribution is -1.92. The van der Waals surface area contributed by atoms with Crippen molar-refractivity contribution in [3.63, 3.8) is 0 Å². The van der Waals surface area contributed by atoms with Crippen molar-refractivity contribution in [2.24, 2.45) is 0 Å². The topological polar surface area (TPSA) is 23.9 Å². The highest BCUT2D eigenvalue weighted by atomic mass is 19.1. The molecule has 0 heterocycles. The quantitative estimate of drug-likeness (QED) is 0.560. The second-order valence-corrected chi connectivity index (χ2v) is 3.52. The maximum atomic E-state index is 12.2. The van der Waals surface area contributed by atoms with Gasteiger partial charge in [0, 0.05) is 6.21 Å². The molecule has 0 spiro atoms. The summed E-state index contributed by atoms with van der Waals surface area (Å²) in [7, 11) is 0. The van der Waals surface area contributed by atoms with E-state index in [9.17, 15) is 4.39 Å². The Labute approximate surface area is 109 Å². The average Bonchev–Trinajstić information content (AvgIpc) is 2.22. The first kappa shape index (κ1) is 25.3. The number of hydrogen-bond acceptors (Lipinski definition) is 1. The molecular weight excluding hydrogens is 213 g/mol. The summed E-state index contributed by atoms with van der Waals surface area (Å²) in [6, 6.07) is 0. The van der Waals surface area contributed by atoms with Crippen LogP contribution in [0.3, 0.4) is 0 Å². The van der Waals surface area contributed by atoms with Crippen LogP contribution in [-0.4, -0.2) is 12.4 Å². The molecule has 1 unspecified atom stereocenters. The Hall–Kier alpha value is -0.660. The van der Waals surface area contributed by atoms with E-state index >= 15 is 0 Å². The third kappa shape index (κ3) is 39.2. The summed E-state index contributed by atoms with van der Waals surface area (Å²) >= 11 is 0. The molecule has 0 rings (SSSR count). The van der Waals surface area contributed by atoms with Crippen LogP contribution in [0, 0.1) is 5.41 Å². The minimum Gasteiger partial charge on any atom is -0.309 e. The molecule has 0 saturated heterocycles. The normalized spacial score (nSPS) is 10.9. The number of unbranched alkanes of at least 4 members (excludes halogenated alkanes) is 2. The van der Waals surface area contributed by atoms with E-state index in [1.165, 1.54) is 32.4 Å². The molecule has 0 aliphatic heterocycles. The molecule has 1 atom stereocenters. The molecule has 0 amide bonds. The number of nitrogens with one attached hydrogen (secondary N) is 1. The van der Waals surface area contributed by atoms with E-state index in [1.807, 2.05) is 20.8 Å². The molecule has 2 heteroatoms. The highest BCUT2D eigenvalue weighted by molar-refractivity contribution is 5.68. The van der Waals surface area contributed by atoms with Gasteiger partial charge in [0.2, 0.25) is 0 Å². The largest absolute Gasteiger partial charge is 0.309 e. The zero-order valence-corrected chi connectivity index (χ0v) is 11.9. The summed E-state index contributed by atoms with van der Waals surface area (Å²) in [5, 5.41) is 6.65. The van der Waals surface area contributed by atoms with Crippen molar-refractivity contribution in [2.75, 3.05) is 0 Å². The Balaban J connectivity index is -0.0000000910. The molecule has 0 fully saturated rings. The van der Waals surface area contributed by atoms with Gasteiger partial charge in [-0.1, -0.05) is 60.0 Å². The number of halogens is 1. The van der Waals surface area contributed by atoms with Crippen molar-refractivity contribution in [3.8, 4) is 0 Å². The Morgan fingerprint density at radius 3 is 1.82 bits per heavy atom. The van der Waals surface area contributed by atoms with Crippen LogP contribution < -0.4 is 0 Å². The summed E-state index contributed by atoms with van der Waals surface area (Å²) in [4.78, 5) is 0. The first-order valence-electron chi connectivity index (χ1n) is 6.38. The zero-order chi connectivity index (χ0) is 13.4. The van der Waals surface area contributed by atoms with E-state index in [0.717, 1.165) is 5.57 Å². The lowest BCUT2D eigenvalue weighted by molar-refractivity contribution is 0.359. The van der Waals surface area contributed by atoms with Crippen LogP contribution in [0.5, 0.6) is 0 Å². The van der Waals surface area contributed by atoms with E-state index in [2.05, 4.69) is 13.8 Å². The van der Waals surface area contributed by atoms with Crippen LogP contribution in [0.2, 0.25) is 0 Å². The van der Waals surface area contributed by atoms with Gasteiger partial charge in [0.15, 0.2) is 0 Å². The number of alkyl halides is 1. The fraction of sp³-hybridized carbons (Fsp3) is 0.800. The predicted molar refractivity (Wildman–Crippen MR) is 81.0 cm³/mol. The Kier molecular flexibility index (Phi) is 36.4. The van der Waals surface area contributed by atoms with Gasteiger partial charge in [-0.15, -0.1) is 0 Å². The molecule has 17 heavy (non-hydrogen) atoms. The molecule has 0 bridgehead atoms. The SMILES string of the molecule is C.C/C(=C/C=N)CC(C)F.CC.CCCCC. The molecule has 0 aromatic rings. The maximum Gasteiger partial charge on any atom is 0.101 e. The summed E-state index contributed by atoms with van der Waals surface area (Å²) in [5.74, 6) is 0. The van der Waals surface area contributed by atoms with Crippen LogP contribution in [0.4, 0.5) is 4.39 Å². The van der Waals surface area contributed by atoms with Crippen LogP contribution in [0.25, 0.3) is 0 Å². The fourth-order valence-electron chi connectivity index (χ4n) is 1.01. The highest BCUT2D eigenvalue weighted by Crippen LogP contribution is 2.05. The molecule has 1 N–H and O–H groups in total. The number of allylic oxidation sites excluding steroid dienone is 2. The average molecular weight is 247 g/mol. The molecule has 106 valence electrons. The van der Waals surface area contributed by atoms with Gasteiger partial charge in [0.25, 0.3) is 0 Å². The van der Waals surface area contributed by atoms with Gasteiger partial charge in [0.1, 0.15) is 6.17 Å². The minimum atomic E-state index is -0.791. The maximum absolute atomic E-state index is 12.2. The molecular formula is C15H34FN. The van der Waals surface area contributed by atoms with Crippen molar-refractivity contribution in [2.45, 2.75) is 80.8 Å². The van der Waals surface area contributed by atoms with Gasteiger partial charge in [-0.3, -0.25) is 0 Å². The smallest absolute Gasteiger partial charge is 0.101 e. The van der Waals surface area contributed by atoms with E-state index in [0.29, 0.717) is 6.42 Å². The second kappa shape index (κ2) is 24.5. The molecule has 0 aliphatic rings. The first-order chi connectivity index (χ1) is 7.58. The third-order valence-corrected chi connectivity index (χ3v) is 1.68. The molecule has 0 radical (unpaired) electrons. The molecule has 0 aromatic heterocycles. The van der Waals surface area contributed by atoms with Crippen LogP contribution in [0.15, 0.2) is 11.6 Å². The highest BCUT2D eigenvalue weighted by Gasteiger charge is 1.96. The minimum absolute atomic E-state index is 0. The van der Waals surface area contributed by atoms with Crippen molar-refractivity contribution in [1.82, 2.24) is 0 Å². The summed E-state index contributed by atoms with van der Waals surface area (Å²) in [5.41, 5.74) is 0.917. The first-order valence-corrected chi connectivity index (χ1v) is 6.38.